The van der Waals surface area contributed by atoms with E-state index in [0.717, 1.165) is 10.9 Å². The number of amides is 1. The lowest BCUT2D eigenvalue weighted by atomic mass is 10.1. The van der Waals surface area contributed by atoms with Crippen LogP contribution in [0.1, 0.15) is 29.8 Å². The van der Waals surface area contributed by atoms with E-state index in [-0.39, 0.29) is 23.3 Å². The number of benzene rings is 3. The Morgan fingerprint density at radius 1 is 0.973 bits per heavy atom. The number of nitrogens with one attached hydrogen (secondary N) is 3. The average Bonchev–Trinajstić information content (AvgIpc) is 3.26. The smallest absolute Gasteiger partial charge is 0.322 e. The van der Waals surface area contributed by atoms with Gasteiger partial charge in [-0.05, 0) is 74.0 Å². The molecule has 37 heavy (non-hydrogen) atoms. The number of aromatic amines is 1. The number of para-hydroxylation sites is 1. The maximum atomic E-state index is 12.9. The number of carboxylic acid groups (broad SMARTS) is 1. The van der Waals surface area contributed by atoms with Crippen LogP contribution in [0.15, 0.2) is 83.9 Å². The van der Waals surface area contributed by atoms with Gasteiger partial charge in [0.1, 0.15) is 11.8 Å². The van der Waals surface area contributed by atoms with Crippen molar-refractivity contribution >= 4 is 38.5 Å². The molecule has 4 aromatic rings. The van der Waals surface area contributed by atoms with Gasteiger partial charge in [-0.15, -0.1) is 0 Å². The second kappa shape index (κ2) is 10.9. The van der Waals surface area contributed by atoms with E-state index in [1.807, 2.05) is 38.1 Å². The molecule has 1 amide bonds. The first-order chi connectivity index (χ1) is 17.6. The maximum Gasteiger partial charge on any atom is 0.322 e. The van der Waals surface area contributed by atoms with Crippen LogP contribution in [0.5, 0.6) is 5.75 Å². The van der Waals surface area contributed by atoms with Gasteiger partial charge in [-0.3, -0.25) is 9.59 Å². The summed E-state index contributed by atoms with van der Waals surface area (Å²) in [6, 6.07) is 18.2. The highest BCUT2D eigenvalue weighted by Crippen LogP contribution is 2.21. The third-order valence-electron chi connectivity index (χ3n) is 5.61. The zero-order valence-electron chi connectivity index (χ0n) is 20.3. The van der Waals surface area contributed by atoms with Crippen LogP contribution < -0.4 is 14.8 Å². The van der Waals surface area contributed by atoms with Gasteiger partial charge in [0, 0.05) is 34.8 Å². The van der Waals surface area contributed by atoms with Crippen molar-refractivity contribution in [2.24, 2.45) is 0 Å². The Morgan fingerprint density at radius 3 is 2.30 bits per heavy atom. The van der Waals surface area contributed by atoms with Crippen molar-refractivity contribution in [2.75, 3.05) is 5.32 Å². The SMILES string of the molecule is CC(C)Oc1ccc(C(=O)Nc2ccc(S(=O)(=O)N[C@H](Cc3c[nH]c4ccccc34)C(=O)O)cc2)cc1. The summed E-state index contributed by atoms with van der Waals surface area (Å²) in [6.45, 7) is 3.82. The normalized spacial score (nSPS) is 12.4. The summed E-state index contributed by atoms with van der Waals surface area (Å²) in [5.74, 6) is -1.00. The highest BCUT2D eigenvalue weighted by molar-refractivity contribution is 7.89. The summed E-state index contributed by atoms with van der Waals surface area (Å²) in [5, 5.41) is 13.2. The van der Waals surface area contributed by atoms with Gasteiger partial charge in [0.15, 0.2) is 0 Å². The Hall–Kier alpha value is -4.15. The monoisotopic (exact) mass is 521 g/mol. The van der Waals surface area contributed by atoms with Gasteiger partial charge < -0.3 is 20.1 Å². The fraction of sp³-hybridized carbons (Fsp3) is 0.185. The first kappa shape index (κ1) is 25.9. The van der Waals surface area contributed by atoms with Gasteiger partial charge in [0.25, 0.3) is 5.91 Å². The van der Waals surface area contributed by atoms with Crippen molar-refractivity contribution in [3.63, 3.8) is 0 Å². The first-order valence-electron chi connectivity index (χ1n) is 11.6. The molecule has 0 aliphatic heterocycles. The minimum Gasteiger partial charge on any atom is -0.491 e. The zero-order chi connectivity index (χ0) is 26.6. The minimum atomic E-state index is -4.14. The Bertz CT molecular complexity index is 1510. The fourth-order valence-electron chi connectivity index (χ4n) is 3.83. The van der Waals surface area contributed by atoms with Crippen molar-refractivity contribution in [1.82, 2.24) is 9.71 Å². The number of anilines is 1. The molecule has 4 N–H and O–H groups in total. The van der Waals surface area contributed by atoms with Gasteiger partial charge in [-0.1, -0.05) is 18.2 Å². The molecule has 0 aliphatic rings. The summed E-state index contributed by atoms with van der Waals surface area (Å²) in [6.07, 6.45) is 1.66. The number of fused-ring (bicyclic) bond motifs is 1. The van der Waals surface area contributed by atoms with E-state index >= 15 is 0 Å². The summed E-state index contributed by atoms with van der Waals surface area (Å²) < 4.78 is 33.7. The van der Waals surface area contributed by atoms with Gasteiger partial charge in [-0.2, -0.15) is 4.72 Å². The third kappa shape index (κ3) is 6.35. The number of rotatable bonds is 10. The number of hydrogen-bond acceptors (Lipinski definition) is 5. The van der Waals surface area contributed by atoms with Crippen LogP contribution in [0.3, 0.4) is 0 Å². The van der Waals surface area contributed by atoms with Crippen LogP contribution in [0, 0.1) is 0 Å². The molecule has 0 saturated heterocycles. The van der Waals surface area contributed by atoms with E-state index in [0.29, 0.717) is 22.6 Å². The molecule has 1 aromatic heterocycles. The summed E-state index contributed by atoms with van der Waals surface area (Å²) in [7, 11) is -4.14. The number of ether oxygens (including phenoxy) is 1. The van der Waals surface area contributed by atoms with Crippen molar-refractivity contribution in [1.29, 1.82) is 0 Å². The molecule has 0 aliphatic carbocycles. The lowest BCUT2D eigenvalue weighted by Crippen LogP contribution is -2.42. The minimum absolute atomic E-state index is 0.0169. The van der Waals surface area contributed by atoms with Crippen LogP contribution in [0.4, 0.5) is 5.69 Å². The molecule has 0 fully saturated rings. The standard InChI is InChI=1S/C27H27N3O6S/c1-17(2)36-21-11-7-18(8-12-21)26(31)29-20-9-13-22(14-10-20)37(34,35)30-25(27(32)33)15-19-16-28-24-6-4-3-5-23(19)24/h3-14,16-17,25,28,30H,15H2,1-2H3,(H,29,31)(H,32,33)/t25-/m1/s1. The van der Waals surface area contributed by atoms with Crippen molar-refractivity contribution in [3.05, 3.63) is 90.1 Å². The zero-order valence-corrected chi connectivity index (χ0v) is 21.1. The maximum absolute atomic E-state index is 12.9. The Kier molecular flexibility index (Phi) is 7.61. The molecule has 0 saturated carbocycles. The predicted octanol–water partition coefficient (Wildman–Crippen LogP) is 4.18. The molecule has 3 aromatic carbocycles. The van der Waals surface area contributed by atoms with Crippen molar-refractivity contribution in [2.45, 2.75) is 37.3 Å². The molecule has 9 nitrogen and oxygen atoms in total. The molecule has 0 spiro atoms. The molecule has 0 unspecified atom stereocenters. The molecule has 0 bridgehead atoms. The second-order valence-electron chi connectivity index (χ2n) is 8.75. The molecule has 192 valence electrons. The second-order valence-corrected chi connectivity index (χ2v) is 10.5. The summed E-state index contributed by atoms with van der Waals surface area (Å²) >= 11 is 0. The van der Waals surface area contributed by atoms with Crippen molar-refractivity contribution in [3.8, 4) is 5.75 Å². The van der Waals surface area contributed by atoms with Gasteiger partial charge in [0.05, 0.1) is 11.0 Å². The van der Waals surface area contributed by atoms with Crippen molar-refractivity contribution < 1.29 is 27.9 Å². The molecular weight excluding hydrogens is 494 g/mol. The van der Waals surface area contributed by atoms with E-state index in [9.17, 15) is 23.1 Å². The largest absolute Gasteiger partial charge is 0.491 e. The number of aliphatic carboxylic acids is 1. The lowest BCUT2D eigenvalue weighted by Gasteiger charge is -2.15. The number of aromatic nitrogens is 1. The van der Waals surface area contributed by atoms with Gasteiger partial charge >= 0.3 is 5.97 Å². The summed E-state index contributed by atoms with van der Waals surface area (Å²) in [4.78, 5) is 27.3. The van der Waals surface area contributed by atoms with Crippen LogP contribution >= 0.6 is 0 Å². The van der Waals surface area contributed by atoms with E-state index in [4.69, 9.17) is 4.74 Å². The highest BCUT2D eigenvalue weighted by atomic mass is 32.2. The third-order valence-corrected chi connectivity index (χ3v) is 7.09. The Balaban J connectivity index is 1.43. The lowest BCUT2D eigenvalue weighted by molar-refractivity contribution is -0.138. The van der Waals surface area contributed by atoms with E-state index in [1.54, 1.807) is 30.5 Å². The Labute approximate surface area is 214 Å². The quantitative estimate of drug-likeness (QED) is 0.247. The summed E-state index contributed by atoms with van der Waals surface area (Å²) in [5.41, 5.74) is 2.32. The molecule has 1 heterocycles. The number of carbonyl (C=O) groups is 2. The van der Waals surface area contributed by atoms with E-state index in [2.05, 4.69) is 15.0 Å². The van der Waals surface area contributed by atoms with E-state index in [1.165, 1.54) is 24.3 Å². The van der Waals surface area contributed by atoms with Crippen LogP contribution in [-0.2, 0) is 21.2 Å². The number of carbonyl (C=O) groups excluding carboxylic acids is 1. The Morgan fingerprint density at radius 2 is 1.65 bits per heavy atom. The van der Waals surface area contributed by atoms with E-state index < -0.39 is 22.0 Å². The fourth-order valence-corrected chi connectivity index (χ4v) is 5.02. The number of hydrogen-bond donors (Lipinski definition) is 4. The molecule has 0 radical (unpaired) electrons. The topological polar surface area (TPSA) is 138 Å². The van der Waals surface area contributed by atoms with Crippen LogP contribution in [0.25, 0.3) is 10.9 Å². The average molecular weight is 522 g/mol. The van der Waals surface area contributed by atoms with Gasteiger partial charge in [0.2, 0.25) is 10.0 Å². The number of carboxylic acids is 1. The number of H-pyrrole nitrogens is 1. The highest BCUT2D eigenvalue weighted by Gasteiger charge is 2.26. The predicted molar refractivity (Wildman–Crippen MR) is 140 cm³/mol. The molecule has 10 heteroatoms. The molecular formula is C27H27N3O6S. The number of sulfonamides is 1. The first-order valence-corrected chi connectivity index (χ1v) is 13.1. The van der Waals surface area contributed by atoms with Gasteiger partial charge in [-0.25, -0.2) is 8.42 Å². The van der Waals surface area contributed by atoms with Crippen LogP contribution in [0.2, 0.25) is 0 Å². The van der Waals surface area contributed by atoms with Crippen LogP contribution in [-0.4, -0.2) is 42.5 Å². The molecule has 1 atom stereocenters. The molecule has 4 rings (SSSR count).